The molecule has 5 heteroatoms. The summed E-state index contributed by atoms with van der Waals surface area (Å²) in [4.78, 5) is 9.81. The average molecular weight is 265 g/mol. The van der Waals surface area contributed by atoms with Crippen molar-refractivity contribution < 1.29 is 9.84 Å². The Labute approximate surface area is 114 Å². The van der Waals surface area contributed by atoms with Crippen LogP contribution in [0.4, 0.5) is 0 Å². The minimum absolute atomic E-state index is 0.0958. The monoisotopic (exact) mass is 265 g/mol. The summed E-state index contributed by atoms with van der Waals surface area (Å²) in [6.07, 6.45) is 7.19. The first-order valence-corrected chi connectivity index (χ1v) is 7.14. The van der Waals surface area contributed by atoms with E-state index in [-0.39, 0.29) is 5.60 Å². The first-order valence-electron chi connectivity index (χ1n) is 7.14. The zero-order valence-corrected chi connectivity index (χ0v) is 11.6. The molecule has 106 valence electrons. The molecule has 2 fully saturated rings. The third kappa shape index (κ3) is 2.99. The van der Waals surface area contributed by atoms with Crippen molar-refractivity contribution in [3.8, 4) is 0 Å². The van der Waals surface area contributed by atoms with E-state index in [9.17, 15) is 5.11 Å². The summed E-state index contributed by atoms with van der Waals surface area (Å²) in [5.74, 6) is 1.02. The van der Waals surface area contributed by atoms with Crippen molar-refractivity contribution in [2.24, 2.45) is 0 Å². The number of hydrogen-bond donors (Lipinski definition) is 2. The average Bonchev–Trinajstić information content (AvgIpc) is 2.84. The maximum Gasteiger partial charge on any atom is 0.120 e. The SMILES string of the molecule is CC1(O)CCOC2(CCN(Cc3ncc[nH]3)CC2)C1. The molecule has 1 aromatic heterocycles. The third-order valence-corrected chi connectivity index (χ3v) is 4.45. The number of hydrogen-bond acceptors (Lipinski definition) is 4. The lowest BCUT2D eigenvalue weighted by atomic mass is 9.78. The van der Waals surface area contributed by atoms with Gasteiger partial charge in [-0.15, -0.1) is 0 Å². The highest BCUT2D eigenvalue weighted by Crippen LogP contribution is 2.39. The topological polar surface area (TPSA) is 61.4 Å². The number of likely N-dealkylation sites (tertiary alicyclic amines) is 1. The fraction of sp³-hybridized carbons (Fsp3) is 0.786. The van der Waals surface area contributed by atoms with Crippen LogP contribution in [0.25, 0.3) is 0 Å². The van der Waals surface area contributed by atoms with Gasteiger partial charge in [0, 0.05) is 31.9 Å². The van der Waals surface area contributed by atoms with E-state index in [2.05, 4.69) is 14.9 Å². The molecule has 2 aliphatic heterocycles. The number of nitrogens with zero attached hydrogens (tertiary/aromatic N) is 2. The molecule has 3 rings (SSSR count). The molecule has 1 atom stereocenters. The number of rotatable bonds is 2. The van der Waals surface area contributed by atoms with Gasteiger partial charge in [-0.1, -0.05) is 0 Å². The van der Waals surface area contributed by atoms with Crippen molar-refractivity contribution in [3.05, 3.63) is 18.2 Å². The fourth-order valence-electron chi connectivity index (χ4n) is 3.36. The van der Waals surface area contributed by atoms with Gasteiger partial charge in [0.2, 0.25) is 0 Å². The zero-order chi connectivity index (χ0) is 13.3. The van der Waals surface area contributed by atoms with Crippen LogP contribution in [-0.2, 0) is 11.3 Å². The van der Waals surface area contributed by atoms with Crippen LogP contribution in [0.2, 0.25) is 0 Å². The molecule has 2 aliphatic rings. The van der Waals surface area contributed by atoms with Gasteiger partial charge >= 0.3 is 0 Å². The molecule has 3 heterocycles. The standard InChI is InChI=1S/C14H23N3O2/c1-13(18)4-9-19-14(11-13)2-7-17(8-3-14)10-12-15-5-6-16-12/h5-6,18H,2-4,7-11H2,1H3,(H,15,16). The van der Waals surface area contributed by atoms with E-state index in [1.165, 1.54) is 0 Å². The number of imidazole rings is 1. The first-order chi connectivity index (χ1) is 9.07. The molecule has 5 nitrogen and oxygen atoms in total. The van der Waals surface area contributed by atoms with Crippen LogP contribution < -0.4 is 0 Å². The van der Waals surface area contributed by atoms with Gasteiger partial charge in [0.25, 0.3) is 0 Å². The predicted octanol–water partition coefficient (Wildman–Crippen LogP) is 1.31. The molecule has 0 saturated carbocycles. The Morgan fingerprint density at radius 1 is 1.42 bits per heavy atom. The van der Waals surface area contributed by atoms with E-state index >= 15 is 0 Å². The number of nitrogens with one attached hydrogen (secondary N) is 1. The molecule has 0 bridgehead atoms. The summed E-state index contributed by atoms with van der Waals surface area (Å²) in [6.45, 7) is 5.52. The summed E-state index contributed by atoms with van der Waals surface area (Å²) >= 11 is 0. The van der Waals surface area contributed by atoms with E-state index in [4.69, 9.17) is 4.74 Å². The summed E-state index contributed by atoms with van der Waals surface area (Å²) in [6, 6.07) is 0. The van der Waals surface area contributed by atoms with Crippen molar-refractivity contribution in [1.82, 2.24) is 14.9 Å². The Morgan fingerprint density at radius 2 is 2.21 bits per heavy atom. The van der Waals surface area contributed by atoms with Crippen molar-refractivity contribution >= 4 is 0 Å². The van der Waals surface area contributed by atoms with E-state index in [1.54, 1.807) is 6.20 Å². The van der Waals surface area contributed by atoms with Crippen molar-refractivity contribution in [2.75, 3.05) is 19.7 Å². The molecule has 1 spiro atoms. The molecule has 0 radical (unpaired) electrons. The second kappa shape index (κ2) is 4.89. The van der Waals surface area contributed by atoms with Gasteiger partial charge in [0.05, 0.1) is 24.4 Å². The highest BCUT2D eigenvalue weighted by atomic mass is 16.5. The summed E-state index contributed by atoms with van der Waals surface area (Å²) in [5, 5.41) is 10.3. The van der Waals surface area contributed by atoms with Gasteiger partial charge in [-0.3, -0.25) is 4.90 Å². The Kier molecular flexibility index (Phi) is 3.37. The van der Waals surface area contributed by atoms with Gasteiger partial charge in [-0.25, -0.2) is 4.98 Å². The lowest BCUT2D eigenvalue weighted by molar-refractivity contribution is -0.173. The minimum atomic E-state index is -0.554. The molecular weight excluding hydrogens is 242 g/mol. The minimum Gasteiger partial charge on any atom is -0.390 e. The van der Waals surface area contributed by atoms with Crippen molar-refractivity contribution in [3.63, 3.8) is 0 Å². The van der Waals surface area contributed by atoms with Gasteiger partial charge in [0.1, 0.15) is 5.82 Å². The molecule has 1 aromatic rings. The molecule has 2 N–H and O–H groups in total. The lowest BCUT2D eigenvalue weighted by Gasteiger charge is -2.48. The van der Waals surface area contributed by atoms with Crippen LogP contribution in [-0.4, -0.2) is 50.9 Å². The van der Waals surface area contributed by atoms with E-state index in [0.717, 1.165) is 51.1 Å². The Balaban J connectivity index is 1.57. The Morgan fingerprint density at radius 3 is 2.84 bits per heavy atom. The Hall–Kier alpha value is -0.910. The van der Waals surface area contributed by atoms with Gasteiger partial charge < -0.3 is 14.8 Å². The highest BCUT2D eigenvalue weighted by Gasteiger charge is 2.44. The number of piperidine rings is 1. The van der Waals surface area contributed by atoms with Gasteiger partial charge in [-0.05, 0) is 26.2 Å². The van der Waals surface area contributed by atoms with E-state index in [1.807, 2.05) is 13.1 Å². The zero-order valence-electron chi connectivity index (χ0n) is 11.6. The smallest absolute Gasteiger partial charge is 0.120 e. The predicted molar refractivity (Wildman–Crippen MR) is 71.6 cm³/mol. The van der Waals surface area contributed by atoms with Crippen molar-refractivity contribution in [1.29, 1.82) is 0 Å². The van der Waals surface area contributed by atoms with Crippen LogP contribution in [0.15, 0.2) is 12.4 Å². The molecular formula is C14H23N3O2. The quantitative estimate of drug-likeness (QED) is 0.846. The fourth-order valence-corrected chi connectivity index (χ4v) is 3.36. The normalized spacial score (nSPS) is 31.7. The van der Waals surface area contributed by atoms with Crippen LogP contribution in [0.3, 0.4) is 0 Å². The summed E-state index contributed by atoms with van der Waals surface area (Å²) < 4.78 is 6.02. The molecule has 0 amide bonds. The van der Waals surface area contributed by atoms with E-state index in [0.29, 0.717) is 6.61 Å². The second-order valence-electron chi connectivity index (χ2n) is 6.27. The number of aromatic nitrogens is 2. The second-order valence-corrected chi connectivity index (χ2v) is 6.27. The van der Waals surface area contributed by atoms with Gasteiger partial charge in [0.15, 0.2) is 0 Å². The molecule has 2 saturated heterocycles. The van der Waals surface area contributed by atoms with Crippen LogP contribution >= 0.6 is 0 Å². The van der Waals surface area contributed by atoms with Gasteiger partial charge in [-0.2, -0.15) is 0 Å². The third-order valence-electron chi connectivity index (χ3n) is 4.45. The Bertz CT molecular complexity index is 408. The molecule has 19 heavy (non-hydrogen) atoms. The maximum absolute atomic E-state index is 10.3. The number of aromatic amines is 1. The highest BCUT2D eigenvalue weighted by molar-refractivity contribution is 4.97. The maximum atomic E-state index is 10.3. The first kappa shape index (κ1) is 13.1. The number of aliphatic hydroxyl groups is 1. The largest absolute Gasteiger partial charge is 0.390 e. The van der Waals surface area contributed by atoms with E-state index < -0.39 is 5.60 Å². The summed E-state index contributed by atoms with van der Waals surface area (Å²) in [7, 11) is 0. The number of H-pyrrole nitrogens is 1. The molecule has 1 unspecified atom stereocenters. The molecule has 0 aliphatic carbocycles. The lowest BCUT2D eigenvalue weighted by Crippen LogP contribution is -2.53. The van der Waals surface area contributed by atoms with Crippen LogP contribution in [0.5, 0.6) is 0 Å². The number of ether oxygens (including phenoxy) is 1. The van der Waals surface area contributed by atoms with Crippen LogP contribution in [0.1, 0.15) is 38.4 Å². The summed E-state index contributed by atoms with van der Waals surface area (Å²) in [5.41, 5.74) is -0.650. The van der Waals surface area contributed by atoms with Crippen LogP contribution in [0, 0.1) is 0 Å². The molecule has 0 aromatic carbocycles. The van der Waals surface area contributed by atoms with Crippen molar-refractivity contribution in [2.45, 2.75) is 50.4 Å².